The van der Waals surface area contributed by atoms with E-state index in [2.05, 4.69) is 5.32 Å². The van der Waals surface area contributed by atoms with Crippen LogP contribution in [0.4, 0.5) is 23.7 Å². The molecule has 124 valence electrons. The Morgan fingerprint density at radius 2 is 1.95 bits per heavy atom. The van der Waals surface area contributed by atoms with Gasteiger partial charge in [0.1, 0.15) is 0 Å². The summed E-state index contributed by atoms with van der Waals surface area (Å²) in [6.45, 7) is -0.260. The van der Waals surface area contributed by atoms with E-state index in [9.17, 15) is 26.4 Å². The molecule has 1 aromatic rings. The van der Waals surface area contributed by atoms with E-state index in [1.807, 2.05) is 10.0 Å². The molecular formula is C11H13ClF3N3O3S. The van der Waals surface area contributed by atoms with Crippen LogP contribution < -0.4 is 15.4 Å². The summed E-state index contributed by atoms with van der Waals surface area (Å²) in [4.78, 5) is 11.5. The number of hydrogen-bond donors (Lipinski definition) is 3. The van der Waals surface area contributed by atoms with Crippen molar-refractivity contribution in [2.45, 2.75) is 6.18 Å². The first-order chi connectivity index (χ1) is 10.0. The smallest absolute Gasteiger partial charge is 0.337 e. The highest BCUT2D eigenvalue weighted by Crippen LogP contribution is 2.36. The fraction of sp³-hybridized carbons (Fsp3) is 0.364. The van der Waals surface area contributed by atoms with Gasteiger partial charge in [0.05, 0.1) is 17.0 Å². The van der Waals surface area contributed by atoms with Crippen molar-refractivity contribution < 1.29 is 26.4 Å². The fourth-order valence-corrected chi connectivity index (χ4v) is 2.17. The molecule has 0 bridgehead atoms. The summed E-state index contributed by atoms with van der Waals surface area (Å²) in [5.41, 5.74) is -1.58. The standard InChI is InChI=1S/C11H13ClF3N3O3S/c1-16-22(20,21)5-4-17-10(19)18-9-3-2-7(12)6-8(9)11(13,14)15/h2-3,6,16H,4-5H2,1H3,(H2,17,18,19). The van der Waals surface area contributed by atoms with Crippen molar-refractivity contribution >= 4 is 33.3 Å². The van der Waals surface area contributed by atoms with Gasteiger partial charge in [-0.3, -0.25) is 0 Å². The van der Waals surface area contributed by atoms with E-state index in [1.165, 1.54) is 13.1 Å². The summed E-state index contributed by atoms with van der Waals surface area (Å²) in [6.07, 6.45) is -4.69. The Bertz CT molecular complexity index is 650. The van der Waals surface area contributed by atoms with Crippen LogP contribution in [0.3, 0.4) is 0 Å². The second-order valence-electron chi connectivity index (χ2n) is 4.09. The minimum absolute atomic E-state index is 0.126. The molecular weight excluding hydrogens is 347 g/mol. The fourth-order valence-electron chi connectivity index (χ4n) is 1.43. The monoisotopic (exact) mass is 359 g/mol. The highest BCUT2D eigenvalue weighted by Gasteiger charge is 2.34. The molecule has 1 aromatic carbocycles. The zero-order valence-electron chi connectivity index (χ0n) is 11.3. The van der Waals surface area contributed by atoms with Gasteiger partial charge < -0.3 is 10.6 Å². The van der Waals surface area contributed by atoms with Crippen LogP contribution in [0.2, 0.25) is 5.02 Å². The summed E-state index contributed by atoms with van der Waals surface area (Å²) >= 11 is 5.51. The first-order valence-corrected chi connectivity index (χ1v) is 7.91. The lowest BCUT2D eigenvalue weighted by atomic mass is 10.1. The second-order valence-corrected chi connectivity index (χ2v) is 6.57. The lowest BCUT2D eigenvalue weighted by molar-refractivity contribution is -0.136. The van der Waals surface area contributed by atoms with E-state index in [-0.39, 0.29) is 11.6 Å². The molecule has 2 amide bonds. The van der Waals surface area contributed by atoms with Gasteiger partial charge in [0.2, 0.25) is 10.0 Å². The molecule has 22 heavy (non-hydrogen) atoms. The van der Waals surface area contributed by atoms with Crippen molar-refractivity contribution in [1.82, 2.24) is 10.0 Å². The zero-order chi connectivity index (χ0) is 17.0. The summed E-state index contributed by atoms with van der Waals surface area (Å²) < 4.78 is 62.7. The minimum Gasteiger partial charge on any atom is -0.337 e. The lowest BCUT2D eigenvalue weighted by Crippen LogP contribution is -2.35. The van der Waals surface area contributed by atoms with Crippen molar-refractivity contribution in [3.63, 3.8) is 0 Å². The number of anilines is 1. The maximum absolute atomic E-state index is 12.8. The summed E-state index contributed by atoms with van der Waals surface area (Å²) in [5.74, 6) is -0.399. The number of urea groups is 1. The number of amides is 2. The van der Waals surface area contributed by atoms with E-state index in [0.717, 1.165) is 6.07 Å². The Labute approximate surface area is 130 Å². The number of benzene rings is 1. The predicted molar refractivity (Wildman–Crippen MR) is 76.3 cm³/mol. The number of halogens is 4. The molecule has 3 N–H and O–H groups in total. The van der Waals surface area contributed by atoms with Gasteiger partial charge in [-0.15, -0.1) is 0 Å². The molecule has 0 radical (unpaired) electrons. The van der Waals surface area contributed by atoms with Crippen molar-refractivity contribution in [3.05, 3.63) is 28.8 Å². The molecule has 0 fully saturated rings. The van der Waals surface area contributed by atoms with Gasteiger partial charge in [-0.1, -0.05) is 11.6 Å². The largest absolute Gasteiger partial charge is 0.418 e. The first kappa shape index (κ1) is 18.5. The van der Waals surface area contributed by atoms with E-state index in [4.69, 9.17) is 11.6 Å². The van der Waals surface area contributed by atoms with Gasteiger partial charge in [0.25, 0.3) is 0 Å². The molecule has 11 heteroatoms. The molecule has 0 saturated carbocycles. The Morgan fingerprint density at radius 1 is 1.32 bits per heavy atom. The average Bonchev–Trinajstić information content (AvgIpc) is 2.39. The number of carbonyl (C=O) groups is 1. The quantitative estimate of drug-likeness (QED) is 0.751. The number of sulfonamides is 1. The van der Waals surface area contributed by atoms with Crippen LogP contribution in [0.5, 0.6) is 0 Å². The van der Waals surface area contributed by atoms with Gasteiger partial charge in [0.15, 0.2) is 0 Å². The number of rotatable bonds is 5. The van der Waals surface area contributed by atoms with E-state index < -0.39 is 39.2 Å². The average molecular weight is 360 g/mol. The normalized spacial score (nSPS) is 12.0. The molecule has 0 aliphatic heterocycles. The van der Waals surface area contributed by atoms with Crippen LogP contribution in [-0.2, 0) is 16.2 Å². The lowest BCUT2D eigenvalue weighted by Gasteiger charge is -2.14. The topological polar surface area (TPSA) is 87.3 Å². The van der Waals surface area contributed by atoms with Crippen LogP contribution in [0.1, 0.15) is 5.56 Å². The highest BCUT2D eigenvalue weighted by atomic mass is 35.5. The number of carbonyl (C=O) groups excluding carboxylic acids is 1. The van der Waals surface area contributed by atoms with Crippen molar-refractivity contribution in [1.29, 1.82) is 0 Å². The molecule has 1 rings (SSSR count). The van der Waals surface area contributed by atoms with E-state index in [0.29, 0.717) is 6.07 Å². The molecule has 0 unspecified atom stereocenters. The number of alkyl halides is 3. The summed E-state index contributed by atoms with van der Waals surface area (Å²) in [6, 6.07) is 1.93. The molecule has 6 nitrogen and oxygen atoms in total. The Morgan fingerprint density at radius 3 is 2.50 bits per heavy atom. The Balaban J connectivity index is 2.73. The van der Waals surface area contributed by atoms with Crippen molar-refractivity contribution in [2.75, 3.05) is 24.7 Å². The number of hydrogen-bond acceptors (Lipinski definition) is 3. The molecule has 0 heterocycles. The van der Waals surface area contributed by atoms with Crippen LogP contribution in [-0.4, -0.2) is 33.8 Å². The first-order valence-electron chi connectivity index (χ1n) is 5.88. The van der Waals surface area contributed by atoms with Gasteiger partial charge in [0, 0.05) is 11.6 Å². The minimum atomic E-state index is -4.69. The molecule has 0 saturated heterocycles. The van der Waals surface area contributed by atoms with Crippen molar-refractivity contribution in [3.8, 4) is 0 Å². The van der Waals surface area contributed by atoms with Crippen molar-refractivity contribution in [2.24, 2.45) is 0 Å². The Hall–Kier alpha value is -1.52. The molecule has 0 aromatic heterocycles. The predicted octanol–water partition coefficient (Wildman–Crippen LogP) is 2.03. The third-order valence-electron chi connectivity index (χ3n) is 2.50. The van der Waals surface area contributed by atoms with Gasteiger partial charge in [-0.2, -0.15) is 13.2 Å². The van der Waals surface area contributed by atoms with Gasteiger partial charge >= 0.3 is 12.2 Å². The summed E-state index contributed by atoms with van der Waals surface area (Å²) in [5, 5.41) is 4.02. The van der Waals surface area contributed by atoms with Crippen LogP contribution in [0, 0.1) is 0 Å². The SMILES string of the molecule is CNS(=O)(=O)CCNC(=O)Nc1ccc(Cl)cc1C(F)(F)F. The third kappa shape index (κ3) is 5.70. The summed E-state index contributed by atoms with van der Waals surface area (Å²) in [7, 11) is -2.31. The van der Waals surface area contributed by atoms with Crippen LogP contribution in [0.25, 0.3) is 0 Å². The zero-order valence-corrected chi connectivity index (χ0v) is 12.9. The maximum Gasteiger partial charge on any atom is 0.418 e. The van der Waals surface area contributed by atoms with E-state index >= 15 is 0 Å². The van der Waals surface area contributed by atoms with E-state index in [1.54, 1.807) is 0 Å². The second kappa shape index (κ2) is 7.16. The third-order valence-corrected chi connectivity index (χ3v) is 4.10. The molecule has 0 atom stereocenters. The molecule has 0 aliphatic carbocycles. The van der Waals surface area contributed by atoms with Crippen LogP contribution in [0.15, 0.2) is 18.2 Å². The molecule has 0 aliphatic rings. The van der Waals surface area contributed by atoms with Gasteiger partial charge in [-0.25, -0.2) is 17.9 Å². The number of nitrogens with one attached hydrogen (secondary N) is 3. The highest BCUT2D eigenvalue weighted by molar-refractivity contribution is 7.89. The maximum atomic E-state index is 12.8. The Kier molecular flexibility index (Phi) is 6.03. The van der Waals surface area contributed by atoms with Gasteiger partial charge in [-0.05, 0) is 25.2 Å². The van der Waals surface area contributed by atoms with Crippen LogP contribution >= 0.6 is 11.6 Å². The molecule has 0 spiro atoms.